The lowest BCUT2D eigenvalue weighted by Crippen LogP contribution is -2.55. The molecule has 0 amide bonds. The van der Waals surface area contributed by atoms with Crippen molar-refractivity contribution < 1.29 is 4.43 Å². The van der Waals surface area contributed by atoms with Crippen LogP contribution in [0, 0.1) is 0 Å². The summed E-state index contributed by atoms with van der Waals surface area (Å²) < 4.78 is 7.09. The first-order valence-electron chi connectivity index (χ1n) is 11.4. The van der Waals surface area contributed by atoms with Crippen molar-refractivity contribution in [2.75, 3.05) is 0 Å². The molecule has 5 heteroatoms. The highest BCUT2D eigenvalue weighted by atomic mass is 28.4. The summed E-state index contributed by atoms with van der Waals surface area (Å²) in [6.07, 6.45) is 11.0. The van der Waals surface area contributed by atoms with E-state index in [1.165, 1.54) is 32.1 Å². The molecule has 4 N–H and O–H groups in total. The normalized spacial score (nSPS) is 26.9. The molecule has 1 aromatic rings. The van der Waals surface area contributed by atoms with E-state index in [9.17, 15) is 0 Å². The summed E-state index contributed by atoms with van der Waals surface area (Å²) in [6.45, 7) is 11.8. The lowest BCUT2D eigenvalue weighted by Gasteiger charge is -2.48. The van der Waals surface area contributed by atoms with Gasteiger partial charge in [-0.25, -0.2) is 0 Å². The maximum absolute atomic E-state index is 7.09. The molecule has 4 nitrogen and oxygen atoms in total. The molecule has 2 unspecified atom stereocenters. The van der Waals surface area contributed by atoms with Crippen LogP contribution in [0.15, 0.2) is 29.3 Å². The molecule has 1 saturated carbocycles. The highest BCUT2D eigenvalue weighted by Crippen LogP contribution is 2.46. The van der Waals surface area contributed by atoms with Crippen LogP contribution < -0.4 is 11.5 Å². The Labute approximate surface area is 178 Å². The van der Waals surface area contributed by atoms with E-state index in [2.05, 4.69) is 44.9 Å². The molecule has 2 atom stereocenters. The monoisotopic (exact) mass is 415 g/mol. The van der Waals surface area contributed by atoms with Crippen LogP contribution in [0.4, 0.5) is 5.69 Å². The smallest absolute Gasteiger partial charge is 0.192 e. The molecule has 3 rings (SSSR count). The van der Waals surface area contributed by atoms with Crippen molar-refractivity contribution in [3.8, 4) is 0 Å². The maximum atomic E-state index is 7.09. The van der Waals surface area contributed by atoms with Gasteiger partial charge in [-0.2, -0.15) is 0 Å². The van der Waals surface area contributed by atoms with E-state index in [0.717, 1.165) is 30.5 Å². The largest absolute Gasteiger partial charge is 0.411 e. The number of para-hydroxylation sites is 1. The van der Waals surface area contributed by atoms with Crippen LogP contribution in [0.5, 0.6) is 0 Å². The number of nitrogens with two attached hydrogens (primary N) is 2. The van der Waals surface area contributed by atoms with Crippen molar-refractivity contribution in [2.24, 2.45) is 16.5 Å². The van der Waals surface area contributed by atoms with Crippen molar-refractivity contribution in [3.05, 3.63) is 29.8 Å². The Hall–Kier alpha value is -1.01. The third-order valence-electron chi connectivity index (χ3n) is 7.64. The second kappa shape index (κ2) is 8.25. The first-order valence-corrected chi connectivity index (χ1v) is 14.3. The SMILES string of the molecule is CC(C)(C)[Si](C)(C)OC1(CCCC2(N)c3ccccc3N=CC2N)CCCCC1. The molecule has 1 aromatic carbocycles. The quantitative estimate of drug-likeness (QED) is 0.578. The Morgan fingerprint density at radius 3 is 2.41 bits per heavy atom. The van der Waals surface area contributed by atoms with Gasteiger partial charge in [0.25, 0.3) is 0 Å². The summed E-state index contributed by atoms with van der Waals surface area (Å²) in [6, 6.07) is 7.92. The van der Waals surface area contributed by atoms with Crippen molar-refractivity contribution in [1.29, 1.82) is 0 Å². The summed E-state index contributed by atoms with van der Waals surface area (Å²) in [4.78, 5) is 4.51. The molecule has 0 spiro atoms. The van der Waals surface area contributed by atoms with Gasteiger partial charge in [0.05, 0.1) is 22.9 Å². The van der Waals surface area contributed by atoms with E-state index in [4.69, 9.17) is 15.9 Å². The van der Waals surface area contributed by atoms with Gasteiger partial charge in [-0.3, -0.25) is 4.99 Å². The van der Waals surface area contributed by atoms with Gasteiger partial charge in [-0.05, 0) is 61.9 Å². The molecule has 1 heterocycles. The minimum atomic E-state index is -1.82. The molecule has 0 bridgehead atoms. The zero-order valence-corrected chi connectivity index (χ0v) is 20.1. The van der Waals surface area contributed by atoms with Gasteiger partial charge < -0.3 is 15.9 Å². The zero-order valence-electron chi connectivity index (χ0n) is 19.1. The second-order valence-corrected chi connectivity index (χ2v) is 15.5. The fourth-order valence-corrected chi connectivity index (χ4v) is 6.45. The molecule has 162 valence electrons. The van der Waals surface area contributed by atoms with E-state index in [0.29, 0.717) is 0 Å². The maximum Gasteiger partial charge on any atom is 0.192 e. The first-order chi connectivity index (χ1) is 13.5. The first kappa shape index (κ1) is 22.7. The van der Waals surface area contributed by atoms with Gasteiger partial charge in [0.1, 0.15) is 0 Å². The van der Waals surface area contributed by atoms with E-state index in [-0.39, 0.29) is 16.7 Å². The molecule has 0 aromatic heterocycles. The fraction of sp³-hybridized carbons (Fsp3) is 0.708. The number of aliphatic imine (C=N–C) groups is 1. The van der Waals surface area contributed by atoms with Crippen LogP contribution in [0.1, 0.15) is 77.7 Å². The Balaban J connectivity index is 1.74. The van der Waals surface area contributed by atoms with Crippen LogP contribution in [0.2, 0.25) is 18.1 Å². The Bertz CT molecular complexity index is 734. The average molecular weight is 416 g/mol. The molecular weight excluding hydrogens is 374 g/mol. The molecular formula is C24H41N3OSi. The number of nitrogens with zero attached hydrogens (tertiary/aromatic N) is 1. The number of benzene rings is 1. The summed E-state index contributed by atoms with van der Waals surface area (Å²) in [5, 5.41) is 0.230. The van der Waals surface area contributed by atoms with Crippen LogP contribution >= 0.6 is 0 Å². The average Bonchev–Trinajstić information content (AvgIpc) is 2.65. The standard InChI is InChI=1S/C24H41N3OSi/c1-22(2,3)29(4,5)28-23(14-9-6-10-15-23)16-11-17-24(26)19-12-7-8-13-20(19)27-18-21(24)25/h7-8,12-13,18,21H,6,9-11,14-17,25-26H2,1-5H3. The Morgan fingerprint density at radius 1 is 1.10 bits per heavy atom. The Morgan fingerprint density at radius 2 is 1.76 bits per heavy atom. The molecule has 0 radical (unpaired) electrons. The summed E-state index contributed by atoms with van der Waals surface area (Å²) in [5.41, 5.74) is 14.9. The van der Waals surface area contributed by atoms with Gasteiger partial charge in [0, 0.05) is 6.21 Å². The van der Waals surface area contributed by atoms with E-state index < -0.39 is 13.9 Å². The predicted molar refractivity (Wildman–Crippen MR) is 126 cm³/mol. The molecule has 1 aliphatic carbocycles. The van der Waals surface area contributed by atoms with Crippen molar-refractivity contribution in [1.82, 2.24) is 0 Å². The molecule has 0 saturated heterocycles. The van der Waals surface area contributed by atoms with E-state index in [1.807, 2.05) is 24.4 Å². The van der Waals surface area contributed by atoms with Crippen molar-refractivity contribution >= 4 is 20.2 Å². The van der Waals surface area contributed by atoms with Gasteiger partial charge >= 0.3 is 0 Å². The molecule has 1 fully saturated rings. The Kier molecular flexibility index (Phi) is 6.45. The highest BCUT2D eigenvalue weighted by molar-refractivity contribution is 6.74. The van der Waals surface area contributed by atoms with Crippen molar-refractivity contribution in [3.63, 3.8) is 0 Å². The molecule has 29 heavy (non-hydrogen) atoms. The van der Waals surface area contributed by atoms with Gasteiger partial charge in [0.15, 0.2) is 8.32 Å². The van der Waals surface area contributed by atoms with Crippen LogP contribution in [-0.4, -0.2) is 26.2 Å². The fourth-order valence-electron chi connectivity index (χ4n) is 4.75. The third-order valence-corrected chi connectivity index (χ3v) is 12.2. The second-order valence-electron chi connectivity index (χ2n) is 10.8. The minimum absolute atomic E-state index is 0.0178. The predicted octanol–water partition coefficient (Wildman–Crippen LogP) is 5.78. The lowest BCUT2D eigenvalue weighted by molar-refractivity contribution is 0.00511. The van der Waals surface area contributed by atoms with Gasteiger partial charge in [-0.15, -0.1) is 0 Å². The third kappa shape index (κ3) is 4.68. The van der Waals surface area contributed by atoms with Crippen LogP contribution in [0.25, 0.3) is 0 Å². The van der Waals surface area contributed by atoms with E-state index in [1.54, 1.807) is 0 Å². The molecule has 2 aliphatic rings. The summed E-state index contributed by atoms with van der Waals surface area (Å²) in [7, 11) is -1.82. The summed E-state index contributed by atoms with van der Waals surface area (Å²) >= 11 is 0. The van der Waals surface area contributed by atoms with Gasteiger partial charge in [-0.1, -0.05) is 58.2 Å². The van der Waals surface area contributed by atoms with Crippen molar-refractivity contribution in [2.45, 2.75) is 107 Å². The van der Waals surface area contributed by atoms with Crippen LogP contribution in [0.3, 0.4) is 0 Å². The number of hydrogen-bond acceptors (Lipinski definition) is 4. The molecule has 1 aliphatic heterocycles. The zero-order chi connectivity index (χ0) is 21.3. The topological polar surface area (TPSA) is 73.6 Å². The highest BCUT2D eigenvalue weighted by Gasteiger charge is 2.45. The number of hydrogen-bond donors (Lipinski definition) is 2. The number of fused-ring (bicyclic) bond motifs is 1. The van der Waals surface area contributed by atoms with Crippen LogP contribution in [-0.2, 0) is 9.96 Å². The number of rotatable bonds is 6. The van der Waals surface area contributed by atoms with E-state index >= 15 is 0 Å². The minimum Gasteiger partial charge on any atom is -0.411 e. The van der Waals surface area contributed by atoms with Gasteiger partial charge in [0.2, 0.25) is 0 Å². The lowest BCUT2D eigenvalue weighted by atomic mass is 9.75. The summed E-state index contributed by atoms with van der Waals surface area (Å²) in [5.74, 6) is 0.